The predicted octanol–water partition coefficient (Wildman–Crippen LogP) is -0.314. The van der Waals surface area contributed by atoms with Crippen LogP contribution in [0.15, 0.2) is 12.2 Å². The van der Waals surface area contributed by atoms with E-state index in [9.17, 15) is 4.79 Å². The fraction of sp³-hybridized carbons (Fsp3) is 0.625. The van der Waals surface area contributed by atoms with Gasteiger partial charge in [-0.1, -0.05) is 6.58 Å². The lowest BCUT2D eigenvalue weighted by molar-refractivity contribution is -0.141. The maximum atomic E-state index is 10.8. The number of aliphatic hydroxyl groups excluding tert-OH is 1. The fourth-order valence-electron chi connectivity index (χ4n) is 0.590. The maximum Gasteiger partial charge on any atom is 0.333 e. The third kappa shape index (κ3) is 4.87. The molecule has 0 aromatic carbocycles. The smallest absolute Gasteiger partial charge is 0.333 e. The van der Waals surface area contributed by atoms with Crippen LogP contribution >= 0.6 is 0 Å². The predicted molar refractivity (Wildman–Crippen MR) is 45.7 cm³/mol. The number of likely N-dealkylation sites (N-methyl/N-ethyl adjacent to an activating group) is 1. The summed E-state index contributed by atoms with van der Waals surface area (Å²) in [6.45, 7) is 5.38. The highest BCUT2D eigenvalue weighted by Gasteiger charge is 2.07. The van der Waals surface area contributed by atoms with Gasteiger partial charge < -0.3 is 15.2 Å². The Hall–Kier alpha value is -0.870. The first-order valence-electron chi connectivity index (χ1n) is 3.73. The summed E-state index contributed by atoms with van der Waals surface area (Å²) in [6, 6.07) is 0. The van der Waals surface area contributed by atoms with Gasteiger partial charge in [0.05, 0.1) is 0 Å². The Labute approximate surface area is 72.2 Å². The summed E-state index contributed by atoms with van der Waals surface area (Å²) in [5.74, 6) is -0.467. The van der Waals surface area contributed by atoms with Gasteiger partial charge in [-0.2, -0.15) is 0 Å². The topological polar surface area (TPSA) is 58.6 Å². The van der Waals surface area contributed by atoms with E-state index < -0.39 is 12.1 Å². The van der Waals surface area contributed by atoms with Gasteiger partial charge >= 0.3 is 5.97 Å². The van der Waals surface area contributed by atoms with Crippen LogP contribution in [0.3, 0.4) is 0 Å². The molecule has 4 heteroatoms. The first-order chi connectivity index (χ1) is 5.57. The molecule has 12 heavy (non-hydrogen) atoms. The lowest BCUT2D eigenvalue weighted by Crippen LogP contribution is -2.29. The van der Waals surface area contributed by atoms with Crippen LogP contribution in [0.2, 0.25) is 0 Å². The van der Waals surface area contributed by atoms with Crippen LogP contribution < -0.4 is 5.32 Å². The molecule has 2 N–H and O–H groups in total. The van der Waals surface area contributed by atoms with Gasteiger partial charge in [0, 0.05) is 12.1 Å². The van der Waals surface area contributed by atoms with Gasteiger partial charge in [-0.05, 0) is 14.0 Å². The third-order valence-electron chi connectivity index (χ3n) is 1.20. The zero-order valence-corrected chi connectivity index (χ0v) is 7.46. The van der Waals surface area contributed by atoms with Crippen molar-refractivity contribution in [1.29, 1.82) is 0 Å². The molecular weight excluding hydrogens is 158 g/mol. The lowest BCUT2D eigenvalue weighted by atomic mass is 10.3. The molecular formula is C8H15NO3. The van der Waals surface area contributed by atoms with Crippen LogP contribution in [0.1, 0.15) is 6.92 Å². The van der Waals surface area contributed by atoms with Gasteiger partial charge in [-0.15, -0.1) is 0 Å². The second kappa shape index (κ2) is 5.74. The Morgan fingerprint density at radius 3 is 2.75 bits per heavy atom. The molecule has 1 unspecified atom stereocenters. The zero-order chi connectivity index (χ0) is 9.56. The summed E-state index contributed by atoms with van der Waals surface area (Å²) in [6.07, 6.45) is -0.654. The summed E-state index contributed by atoms with van der Waals surface area (Å²) >= 11 is 0. The lowest BCUT2D eigenvalue weighted by Gasteiger charge is -2.09. The van der Waals surface area contributed by atoms with Crippen molar-refractivity contribution < 1.29 is 14.6 Å². The largest absolute Gasteiger partial charge is 0.460 e. The van der Waals surface area contributed by atoms with Crippen LogP contribution in [0, 0.1) is 0 Å². The van der Waals surface area contributed by atoms with E-state index in [-0.39, 0.29) is 6.61 Å². The summed E-state index contributed by atoms with van der Waals surface area (Å²) in [5, 5.41) is 11.9. The monoisotopic (exact) mass is 173 g/mol. The van der Waals surface area contributed by atoms with E-state index in [1.165, 1.54) is 0 Å². The van der Waals surface area contributed by atoms with Crippen molar-refractivity contribution in [2.75, 3.05) is 20.2 Å². The van der Waals surface area contributed by atoms with Gasteiger partial charge in [0.1, 0.15) is 12.7 Å². The molecule has 0 aliphatic rings. The van der Waals surface area contributed by atoms with E-state index in [0.717, 1.165) is 0 Å². The zero-order valence-electron chi connectivity index (χ0n) is 7.46. The minimum absolute atomic E-state index is 0.00648. The van der Waals surface area contributed by atoms with E-state index in [4.69, 9.17) is 5.11 Å². The molecule has 0 saturated carbocycles. The van der Waals surface area contributed by atoms with Crippen LogP contribution in [-0.2, 0) is 9.53 Å². The molecule has 0 rings (SSSR count). The minimum atomic E-state index is -0.654. The Morgan fingerprint density at radius 2 is 2.33 bits per heavy atom. The van der Waals surface area contributed by atoms with Gasteiger partial charge in [0.2, 0.25) is 0 Å². The number of aliphatic hydroxyl groups is 1. The Kier molecular flexibility index (Phi) is 5.32. The highest BCUT2D eigenvalue weighted by Crippen LogP contribution is 1.93. The van der Waals surface area contributed by atoms with Crippen LogP contribution in [-0.4, -0.2) is 37.4 Å². The average molecular weight is 173 g/mol. The number of hydrogen-bond donors (Lipinski definition) is 2. The molecule has 0 aliphatic heterocycles. The van der Waals surface area contributed by atoms with Gasteiger partial charge in [-0.3, -0.25) is 0 Å². The van der Waals surface area contributed by atoms with E-state index >= 15 is 0 Å². The number of esters is 1. The normalized spacial score (nSPS) is 12.2. The molecule has 0 aliphatic carbocycles. The van der Waals surface area contributed by atoms with E-state index in [0.29, 0.717) is 12.1 Å². The number of nitrogens with one attached hydrogen (secondary N) is 1. The highest BCUT2D eigenvalue weighted by molar-refractivity contribution is 5.86. The quantitative estimate of drug-likeness (QED) is 0.442. The Morgan fingerprint density at radius 1 is 1.75 bits per heavy atom. The van der Waals surface area contributed by atoms with E-state index in [2.05, 4.69) is 16.6 Å². The molecule has 4 nitrogen and oxygen atoms in total. The molecule has 1 atom stereocenters. The number of rotatable bonds is 5. The van der Waals surface area contributed by atoms with Gasteiger partial charge in [0.25, 0.3) is 0 Å². The Bertz CT molecular complexity index is 168. The van der Waals surface area contributed by atoms with Gasteiger partial charge in [0.15, 0.2) is 0 Å². The van der Waals surface area contributed by atoms with Crippen molar-refractivity contribution in [2.45, 2.75) is 13.0 Å². The van der Waals surface area contributed by atoms with Gasteiger partial charge in [-0.25, -0.2) is 4.79 Å². The molecule has 0 radical (unpaired) electrons. The minimum Gasteiger partial charge on any atom is -0.460 e. The molecule has 0 heterocycles. The first kappa shape index (κ1) is 11.1. The van der Waals surface area contributed by atoms with Crippen molar-refractivity contribution in [2.24, 2.45) is 0 Å². The fourth-order valence-corrected chi connectivity index (χ4v) is 0.590. The van der Waals surface area contributed by atoms with Crippen molar-refractivity contribution in [1.82, 2.24) is 5.32 Å². The standard InChI is InChI=1S/C8H15NO3/c1-6(2)8(11)12-5-7(10)4-9-3/h7,9-10H,1,4-5H2,2-3H3. The summed E-state index contributed by atoms with van der Waals surface area (Å²) in [7, 11) is 1.71. The highest BCUT2D eigenvalue weighted by atomic mass is 16.5. The van der Waals surface area contributed by atoms with E-state index in [1.807, 2.05) is 0 Å². The second-order valence-electron chi connectivity index (χ2n) is 2.59. The van der Waals surface area contributed by atoms with Crippen LogP contribution in [0.5, 0.6) is 0 Å². The van der Waals surface area contributed by atoms with Crippen molar-refractivity contribution in [3.63, 3.8) is 0 Å². The van der Waals surface area contributed by atoms with Crippen molar-refractivity contribution in [3.8, 4) is 0 Å². The Balaban J connectivity index is 3.54. The molecule has 70 valence electrons. The number of carbonyl (C=O) groups excluding carboxylic acids is 1. The number of hydrogen-bond acceptors (Lipinski definition) is 4. The molecule has 0 fully saturated rings. The first-order valence-corrected chi connectivity index (χ1v) is 3.73. The SMILES string of the molecule is C=C(C)C(=O)OCC(O)CNC. The molecule has 0 aromatic heterocycles. The van der Waals surface area contributed by atoms with Crippen molar-refractivity contribution >= 4 is 5.97 Å². The van der Waals surface area contributed by atoms with E-state index in [1.54, 1.807) is 14.0 Å². The summed E-state index contributed by atoms with van der Waals surface area (Å²) in [4.78, 5) is 10.8. The molecule has 0 bridgehead atoms. The summed E-state index contributed by atoms with van der Waals surface area (Å²) in [5.41, 5.74) is 0.339. The molecule has 0 amide bonds. The van der Waals surface area contributed by atoms with Crippen LogP contribution in [0.25, 0.3) is 0 Å². The summed E-state index contributed by atoms with van der Waals surface area (Å²) < 4.78 is 4.69. The molecule has 0 spiro atoms. The average Bonchev–Trinajstić information content (AvgIpc) is 2.00. The molecule has 0 saturated heterocycles. The third-order valence-corrected chi connectivity index (χ3v) is 1.20. The second-order valence-corrected chi connectivity index (χ2v) is 2.59. The number of ether oxygens (including phenoxy) is 1. The van der Waals surface area contributed by atoms with Crippen molar-refractivity contribution in [3.05, 3.63) is 12.2 Å². The van der Waals surface area contributed by atoms with Crippen LogP contribution in [0.4, 0.5) is 0 Å². The molecule has 0 aromatic rings. The number of carbonyl (C=O) groups is 1. The maximum absolute atomic E-state index is 10.8.